The summed E-state index contributed by atoms with van der Waals surface area (Å²) < 4.78 is 0. The van der Waals surface area contributed by atoms with Crippen molar-refractivity contribution in [1.82, 2.24) is 9.97 Å². The van der Waals surface area contributed by atoms with E-state index in [9.17, 15) is 4.79 Å². The lowest BCUT2D eigenvalue weighted by Crippen LogP contribution is -2.10. The number of aryl methyl sites for hydroxylation is 1. The van der Waals surface area contributed by atoms with Gasteiger partial charge in [-0.1, -0.05) is 48.5 Å². The van der Waals surface area contributed by atoms with Crippen molar-refractivity contribution >= 4 is 11.5 Å². The van der Waals surface area contributed by atoms with Crippen LogP contribution in [0.25, 0.3) is 11.4 Å². The third-order valence-corrected chi connectivity index (χ3v) is 4.78. The Morgan fingerprint density at radius 1 is 0.828 bits per heavy atom. The maximum atomic E-state index is 13.2. The number of hydrogen-bond donors (Lipinski definition) is 1. The van der Waals surface area contributed by atoms with E-state index in [1.54, 1.807) is 12.4 Å². The van der Waals surface area contributed by atoms with Crippen LogP contribution in [0.4, 0.5) is 5.69 Å². The molecule has 142 valence electrons. The Balaban J connectivity index is 1.59. The first-order valence-electron chi connectivity index (χ1n) is 9.52. The quantitative estimate of drug-likeness (QED) is 0.462. The lowest BCUT2D eigenvalue weighted by atomic mass is 9.99. The number of nitrogens with zero attached hydrogens (tertiary/aromatic N) is 2. The number of nitrogens with one attached hydrogen (secondary N) is 1. The van der Waals surface area contributed by atoms with Gasteiger partial charge < -0.3 is 5.32 Å². The Morgan fingerprint density at radius 3 is 2.34 bits per heavy atom. The molecule has 4 aromatic rings. The van der Waals surface area contributed by atoms with Crippen molar-refractivity contribution < 1.29 is 4.79 Å². The summed E-state index contributed by atoms with van der Waals surface area (Å²) in [6.07, 6.45) is 3.35. The molecule has 4 heteroatoms. The average molecular weight is 379 g/mol. The number of benzene rings is 2. The number of rotatable bonds is 6. The lowest BCUT2D eigenvalue weighted by molar-refractivity contribution is 0.103. The van der Waals surface area contributed by atoms with E-state index in [4.69, 9.17) is 0 Å². The topological polar surface area (TPSA) is 54.9 Å². The molecule has 0 aliphatic rings. The zero-order chi connectivity index (χ0) is 20.1. The van der Waals surface area contributed by atoms with E-state index in [0.29, 0.717) is 17.7 Å². The smallest absolute Gasteiger partial charge is 0.196 e. The molecule has 0 unspecified atom stereocenters. The van der Waals surface area contributed by atoms with E-state index in [0.717, 1.165) is 28.2 Å². The number of pyridine rings is 2. The first kappa shape index (κ1) is 18.6. The largest absolute Gasteiger partial charge is 0.380 e. The highest BCUT2D eigenvalue weighted by atomic mass is 16.1. The van der Waals surface area contributed by atoms with E-state index < -0.39 is 0 Å². The number of para-hydroxylation sites is 1. The lowest BCUT2D eigenvalue weighted by Gasteiger charge is -2.14. The molecule has 0 saturated carbocycles. The van der Waals surface area contributed by atoms with Crippen molar-refractivity contribution in [2.24, 2.45) is 0 Å². The first-order valence-corrected chi connectivity index (χ1v) is 9.52. The molecule has 0 aliphatic heterocycles. The molecule has 0 spiro atoms. The summed E-state index contributed by atoms with van der Waals surface area (Å²) >= 11 is 0. The highest BCUT2D eigenvalue weighted by Crippen LogP contribution is 2.25. The van der Waals surface area contributed by atoms with Gasteiger partial charge in [0.1, 0.15) is 0 Å². The number of aromatic nitrogens is 2. The van der Waals surface area contributed by atoms with Crippen LogP contribution in [0.1, 0.15) is 27.0 Å². The normalized spacial score (nSPS) is 10.5. The second-order valence-electron chi connectivity index (χ2n) is 6.81. The highest BCUT2D eigenvalue weighted by molar-refractivity contribution is 6.12. The number of anilines is 1. The molecule has 2 heterocycles. The molecular formula is C25H21N3O. The van der Waals surface area contributed by atoms with Gasteiger partial charge >= 0.3 is 0 Å². The Morgan fingerprint density at radius 2 is 1.62 bits per heavy atom. The van der Waals surface area contributed by atoms with Gasteiger partial charge in [0.2, 0.25) is 0 Å². The summed E-state index contributed by atoms with van der Waals surface area (Å²) in [5.41, 5.74) is 5.78. The van der Waals surface area contributed by atoms with Crippen LogP contribution in [0.5, 0.6) is 0 Å². The predicted molar refractivity (Wildman–Crippen MR) is 116 cm³/mol. The van der Waals surface area contributed by atoms with Gasteiger partial charge in [-0.25, -0.2) is 0 Å². The van der Waals surface area contributed by atoms with E-state index in [-0.39, 0.29) is 5.78 Å². The van der Waals surface area contributed by atoms with Gasteiger partial charge in [0.05, 0.1) is 11.4 Å². The van der Waals surface area contributed by atoms with Gasteiger partial charge in [-0.15, -0.1) is 0 Å². The Hall–Kier alpha value is -3.79. The van der Waals surface area contributed by atoms with E-state index in [1.807, 2.05) is 73.7 Å². The summed E-state index contributed by atoms with van der Waals surface area (Å²) in [5.74, 6) is -0.0515. The second kappa shape index (κ2) is 8.48. The van der Waals surface area contributed by atoms with Gasteiger partial charge in [0.25, 0.3) is 0 Å². The van der Waals surface area contributed by atoms with E-state index in [1.165, 1.54) is 0 Å². The summed E-state index contributed by atoms with van der Waals surface area (Å²) in [4.78, 5) is 21.9. The predicted octanol–water partition coefficient (Wildman–Crippen LogP) is 5.30. The van der Waals surface area contributed by atoms with Crippen LogP contribution >= 0.6 is 0 Å². The van der Waals surface area contributed by atoms with Crippen LogP contribution in [-0.2, 0) is 6.54 Å². The zero-order valence-electron chi connectivity index (χ0n) is 16.2. The SMILES string of the molecule is Cc1cccc(C(=O)c2ccc(-c3ccccn3)nc2)c1NCc1ccccc1. The fourth-order valence-corrected chi connectivity index (χ4v) is 3.23. The van der Waals surface area contributed by atoms with Crippen LogP contribution in [0.15, 0.2) is 91.3 Å². The monoisotopic (exact) mass is 379 g/mol. The van der Waals surface area contributed by atoms with Gasteiger partial charge in [-0.2, -0.15) is 0 Å². The van der Waals surface area contributed by atoms with Gasteiger partial charge in [-0.3, -0.25) is 14.8 Å². The molecule has 0 aliphatic carbocycles. The minimum atomic E-state index is -0.0515. The maximum Gasteiger partial charge on any atom is 0.196 e. The Bertz CT molecular complexity index is 1110. The minimum Gasteiger partial charge on any atom is -0.380 e. The summed E-state index contributed by atoms with van der Waals surface area (Å²) in [5, 5.41) is 3.43. The first-order chi connectivity index (χ1) is 14.2. The number of hydrogen-bond acceptors (Lipinski definition) is 4. The molecular weight excluding hydrogens is 358 g/mol. The van der Waals surface area contributed by atoms with Crippen LogP contribution in [0.3, 0.4) is 0 Å². The van der Waals surface area contributed by atoms with Crippen LogP contribution in [0.2, 0.25) is 0 Å². The molecule has 2 aromatic carbocycles. The molecule has 0 bridgehead atoms. The number of ketones is 1. The van der Waals surface area contributed by atoms with Crippen molar-refractivity contribution in [3.8, 4) is 11.4 Å². The summed E-state index contributed by atoms with van der Waals surface area (Å²) in [7, 11) is 0. The van der Waals surface area contributed by atoms with Crippen LogP contribution in [0, 0.1) is 6.92 Å². The summed E-state index contributed by atoms with van der Waals surface area (Å²) in [6, 6.07) is 25.2. The fraction of sp³-hybridized carbons (Fsp3) is 0.0800. The van der Waals surface area contributed by atoms with E-state index >= 15 is 0 Å². The third-order valence-electron chi connectivity index (χ3n) is 4.78. The fourth-order valence-electron chi connectivity index (χ4n) is 3.23. The summed E-state index contributed by atoms with van der Waals surface area (Å²) in [6.45, 7) is 2.66. The minimum absolute atomic E-state index is 0.0515. The molecule has 4 rings (SSSR count). The van der Waals surface area contributed by atoms with Gasteiger partial charge in [-0.05, 0) is 48.4 Å². The van der Waals surface area contributed by atoms with Gasteiger partial charge in [0, 0.05) is 35.8 Å². The van der Waals surface area contributed by atoms with Crippen LogP contribution in [-0.4, -0.2) is 15.8 Å². The molecule has 0 saturated heterocycles. The highest BCUT2D eigenvalue weighted by Gasteiger charge is 2.16. The van der Waals surface area contributed by atoms with Crippen molar-refractivity contribution in [1.29, 1.82) is 0 Å². The molecule has 1 N–H and O–H groups in total. The third kappa shape index (κ3) is 4.22. The molecule has 0 radical (unpaired) electrons. The van der Waals surface area contributed by atoms with Crippen molar-refractivity contribution in [3.63, 3.8) is 0 Å². The van der Waals surface area contributed by atoms with Gasteiger partial charge in [0.15, 0.2) is 5.78 Å². The second-order valence-corrected chi connectivity index (χ2v) is 6.81. The maximum absolute atomic E-state index is 13.2. The Labute approximate surface area is 170 Å². The van der Waals surface area contributed by atoms with Crippen molar-refractivity contribution in [2.45, 2.75) is 13.5 Å². The average Bonchev–Trinajstić information content (AvgIpc) is 2.79. The molecule has 0 fully saturated rings. The molecule has 0 amide bonds. The van der Waals surface area contributed by atoms with E-state index in [2.05, 4.69) is 27.4 Å². The molecule has 4 nitrogen and oxygen atoms in total. The van der Waals surface area contributed by atoms with Crippen molar-refractivity contribution in [2.75, 3.05) is 5.32 Å². The standard InChI is InChI=1S/C25H21N3O/c1-18-8-7-11-21(24(18)28-16-19-9-3-2-4-10-19)25(29)20-13-14-23(27-17-20)22-12-5-6-15-26-22/h2-15,17,28H,16H2,1H3. The Kier molecular flexibility index (Phi) is 5.43. The van der Waals surface area contributed by atoms with Crippen LogP contribution < -0.4 is 5.32 Å². The molecule has 29 heavy (non-hydrogen) atoms. The number of carbonyl (C=O) groups is 1. The van der Waals surface area contributed by atoms with Crippen molar-refractivity contribution in [3.05, 3.63) is 114 Å². The number of carbonyl (C=O) groups excluding carboxylic acids is 1. The zero-order valence-corrected chi connectivity index (χ0v) is 16.2. The molecule has 2 aromatic heterocycles. The molecule has 0 atom stereocenters.